The Morgan fingerprint density at radius 1 is 0.714 bits per heavy atom. The summed E-state index contributed by atoms with van der Waals surface area (Å²) < 4.78 is 11.5. The summed E-state index contributed by atoms with van der Waals surface area (Å²) in [4.78, 5) is 11.5. The number of nitrogen functional groups attached to an aromatic ring is 1. The van der Waals surface area contributed by atoms with Crippen LogP contribution in [0.3, 0.4) is 0 Å². The van der Waals surface area contributed by atoms with Crippen LogP contribution in [0.1, 0.15) is 23.2 Å². The summed E-state index contributed by atoms with van der Waals surface area (Å²) in [7, 11) is 0. The smallest absolute Gasteiger partial charge is 0.265 e. The standard InChI is InChI=1S/C23H24N2O3/c24-25-23(26)20-10-8-18(9-11-20)19-12-14-22(15-13-19)28-17-5-4-16-27-21-6-2-1-3-7-21/h1-3,6-15H,4-5,16-17,24H2,(H,25,26). The quantitative estimate of drug-likeness (QED) is 0.254. The summed E-state index contributed by atoms with van der Waals surface area (Å²) in [5, 5.41) is 0. The van der Waals surface area contributed by atoms with Crippen LogP contribution in [0.15, 0.2) is 78.9 Å². The lowest BCUT2D eigenvalue weighted by atomic mass is 10.0. The zero-order valence-corrected chi connectivity index (χ0v) is 15.6. The van der Waals surface area contributed by atoms with Crippen LogP contribution in [0, 0.1) is 0 Å². The van der Waals surface area contributed by atoms with Crippen molar-refractivity contribution < 1.29 is 14.3 Å². The van der Waals surface area contributed by atoms with Crippen LogP contribution < -0.4 is 20.7 Å². The van der Waals surface area contributed by atoms with Crippen LogP contribution in [0.5, 0.6) is 11.5 Å². The van der Waals surface area contributed by atoms with E-state index in [0.717, 1.165) is 35.5 Å². The first-order valence-electron chi connectivity index (χ1n) is 9.28. The van der Waals surface area contributed by atoms with E-state index in [4.69, 9.17) is 15.3 Å². The van der Waals surface area contributed by atoms with Crippen molar-refractivity contribution in [2.45, 2.75) is 12.8 Å². The molecule has 0 saturated carbocycles. The third kappa shape index (κ3) is 5.59. The largest absolute Gasteiger partial charge is 0.494 e. The lowest BCUT2D eigenvalue weighted by Gasteiger charge is -2.09. The molecule has 0 aliphatic rings. The van der Waals surface area contributed by atoms with Gasteiger partial charge in [-0.2, -0.15) is 0 Å². The second-order valence-electron chi connectivity index (χ2n) is 6.29. The van der Waals surface area contributed by atoms with E-state index in [0.29, 0.717) is 18.8 Å². The highest BCUT2D eigenvalue weighted by molar-refractivity contribution is 5.94. The van der Waals surface area contributed by atoms with Crippen LogP contribution in [0.4, 0.5) is 0 Å². The van der Waals surface area contributed by atoms with Crippen LogP contribution in [0.25, 0.3) is 11.1 Å². The second-order valence-corrected chi connectivity index (χ2v) is 6.29. The SMILES string of the molecule is NNC(=O)c1ccc(-c2ccc(OCCCCOc3ccccc3)cc2)cc1. The number of nitrogens with one attached hydrogen (secondary N) is 1. The number of hydrazine groups is 1. The molecule has 1 amide bonds. The fourth-order valence-corrected chi connectivity index (χ4v) is 2.74. The van der Waals surface area contributed by atoms with E-state index >= 15 is 0 Å². The molecular weight excluding hydrogens is 352 g/mol. The van der Waals surface area contributed by atoms with Crippen molar-refractivity contribution in [2.24, 2.45) is 5.84 Å². The molecule has 3 aromatic carbocycles. The Morgan fingerprint density at radius 3 is 1.75 bits per heavy atom. The first-order chi connectivity index (χ1) is 13.8. The average molecular weight is 376 g/mol. The lowest BCUT2D eigenvalue weighted by Crippen LogP contribution is -2.29. The molecule has 0 aliphatic carbocycles. The van der Waals surface area contributed by atoms with E-state index < -0.39 is 0 Å². The van der Waals surface area contributed by atoms with Gasteiger partial charge in [0.05, 0.1) is 13.2 Å². The highest BCUT2D eigenvalue weighted by atomic mass is 16.5. The maximum atomic E-state index is 11.5. The fourth-order valence-electron chi connectivity index (χ4n) is 2.74. The summed E-state index contributed by atoms with van der Waals surface area (Å²) in [5.74, 6) is 6.58. The first-order valence-corrected chi connectivity index (χ1v) is 9.28. The Kier molecular flexibility index (Phi) is 7.04. The van der Waals surface area contributed by atoms with Gasteiger partial charge in [0.1, 0.15) is 11.5 Å². The summed E-state index contributed by atoms with van der Waals surface area (Å²) in [5.41, 5.74) is 4.74. The molecule has 0 atom stereocenters. The number of carbonyl (C=O) groups excluding carboxylic acids is 1. The Morgan fingerprint density at radius 2 is 1.21 bits per heavy atom. The van der Waals surface area contributed by atoms with Crippen LogP contribution in [-0.4, -0.2) is 19.1 Å². The normalized spacial score (nSPS) is 10.3. The van der Waals surface area contributed by atoms with Crippen LogP contribution in [0.2, 0.25) is 0 Å². The number of amides is 1. The van der Waals surface area contributed by atoms with Gasteiger partial charge in [-0.15, -0.1) is 0 Å². The van der Waals surface area contributed by atoms with E-state index in [2.05, 4.69) is 5.43 Å². The molecule has 144 valence electrons. The molecule has 5 heteroatoms. The molecule has 0 heterocycles. The number of carbonyl (C=O) groups is 1. The highest BCUT2D eigenvalue weighted by Gasteiger charge is 2.04. The van der Waals surface area contributed by atoms with Crippen molar-refractivity contribution in [3.8, 4) is 22.6 Å². The van der Waals surface area contributed by atoms with Gasteiger partial charge in [0.2, 0.25) is 0 Å². The van der Waals surface area contributed by atoms with Gasteiger partial charge in [-0.3, -0.25) is 10.2 Å². The number of benzene rings is 3. The predicted octanol–water partition coefficient (Wildman–Crippen LogP) is 4.20. The molecule has 0 aliphatic heterocycles. The van der Waals surface area contributed by atoms with Crippen LogP contribution in [-0.2, 0) is 0 Å². The Bertz CT molecular complexity index is 863. The van der Waals surface area contributed by atoms with E-state index in [1.807, 2.05) is 66.7 Å². The fraction of sp³-hybridized carbons (Fsp3) is 0.174. The number of rotatable bonds is 9. The second kappa shape index (κ2) is 10.1. The molecule has 3 rings (SSSR count). The van der Waals surface area contributed by atoms with Crippen molar-refractivity contribution in [1.82, 2.24) is 5.43 Å². The molecule has 0 bridgehead atoms. The topological polar surface area (TPSA) is 73.6 Å². The monoisotopic (exact) mass is 376 g/mol. The third-order valence-corrected chi connectivity index (χ3v) is 4.29. The van der Waals surface area contributed by atoms with E-state index in [9.17, 15) is 4.79 Å². The van der Waals surface area contributed by atoms with Gasteiger partial charge in [-0.05, 0) is 60.4 Å². The molecule has 0 saturated heterocycles. The molecule has 3 aromatic rings. The Labute approximate surface area is 165 Å². The minimum Gasteiger partial charge on any atom is -0.494 e. The number of para-hydroxylation sites is 1. The predicted molar refractivity (Wildman–Crippen MR) is 110 cm³/mol. The maximum Gasteiger partial charge on any atom is 0.265 e. The molecule has 0 fully saturated rings. The maximum absolute atomic E-state index is 11.5. The van der Waals surface area contributed by atoms with Gasteiger partial charge in [-0.25, -0.2) is 5.84 Å². The Balaban J connectivity index is 1.41. The van der Waals surface area contributed by atoms with Crippen molar-refractivity contribution >= 4 is 5.91 Å². The number of nitrogens with two attached hydrogens (primary N) is 1. The third-order valence-electron chi connectivity index (χ3n) is 4.29. The highest BCUT2D eigenvalue weighted by Crippen LogP contribution is 2.23. The molecule has 28 heavy (non-hydrogen) atoms. The molecule has 3 N–H and O–H groups in total. The van der Waals surface area contributed by atoms with Gasteiger partial charge in [0, 0.05) is 5.56 Å². The first kappa shape index (κ1) is 19.5. The van der Waals surface area contributed by atoms with Gasteiger partial charge >= 0.3 is 0 Å². The van der Waals surface area contributed by atoms with Crippen molar-refractivity contribution in [3.05, 3.63) is 84.4 Å². The lowest BCUT2D eigenvalue weighted by molar-refractivity contribution is 0.0953. The van der Waals surface area contributed by atoms with Gasteiger partial charge < -0.3 is 9.47 Å². The summed E-state index contributed by atoms with van der Waals surface area (Å²) in [6.07, 6.45) is 1.87. The molecule has 5 nitrogen and oxygen atoms in total. The summed E-state index contributed by atoms with van der Waals surface area (Å²) in [6, 6.07) is 25.0. The zero-order chi connectivity index (χ0) is 19.6. The number of unbranched alkanes of at least 4 members (excludes halogenated alkanes) is 1. The van der Waals surface area contributed by atoms with Crippen molar-refractivity contribution in [2.75, 3.05) is 13.2 Å². The average Bonchev–Trinajstić information content (AvgIpc) is 2.77. The number of ether oxygens (including phenoxy) is 2. The molecular formula is C23H24N2O3. The Hall–Kier alpha value is -3.31. The molecule has 0 aromatic heterocycles. The van der Waals surface area contributed by atoms with Gasteiger partial charge in [0.15, 0.2) is 0 Å². The van der Waals surface area contributed by atoms with E-state index in [1.54, 1.807) is 12.1 Å². The number of hydrogen-bond acceptors (Lipinski definition) is 4. The van der Waals surface area contributed by atoms with Crippen molar-refractivity contribution in [3.63, 3.8) is 0 Å². The zero-order valence-electron chi connectivity index (χ0n) is 15.6. The van der Waals surface area contributed by atoms with E-state index in [1.165, 1.54) is 0 Å². The number of hydrogen-bond donors (Lipinski definition) is 2. The van der Waals surface area contributed by atoms with Gasteiger partial charge in [0.25, 0.3) is 5.91 Å². The minimum atomic E-state index is -0.301. The molecule has 0 unspecified atom stereocenters. The molecule has 0 radical (unpaired) electrons. The summed E-state index contributed by atoms with van der Waals surface area (Å²) in [6.45, 7) is 1.34. The van der Waals surface area contributed by atoms with E-state index in [-0.39, 0.29) is 5.91 Å². The summed E-state index contributed by atoms with van der Waals surface area (Å²) >= 11 is 0. The minimum absolute atomic E-state index is 0.301. The van der Waals surface area contributed by atoms with Gasteiger partial charge in [-0.1, -0.05) is 42.5 Å². The van der Waals surface area contributed by atoms with Crippen LogP contribution >= 0.6 is 0 Å². The molecule has 0 spiro atoms. The van der Waals surface area contributed by atoms with Crippen molar-refractivity contribution in [1.29, 1.82) is 0 Å².